The Labute approximate surface area is 413 Å². The van der Waals surface area contributed by atoms with E-state index in [1.54, 1.807) is 12.1 Å². The van der Waals surface area contributed by atoms with E-state index in [1.165, 1.54) is 87.4 Å². The molecule has 0 unspecified atom stereocenters. The minimum absolute atomic E-state index is 0.0930. The lowest BCUT2D eigenvalue weighted by Gasteiger charge is -2.43. The standard InChI is InChI=1S/C23H24ClF3N6O3S.C22H27ClFN5O3S/c24-19-12-18(6-7-20(19)25)33(37(34,35)32-10-8-31(9-11-32)17-2-1-3-17)14-16-5-4-15(13-28-16)22-29-30-23(36-22)21(26)27;23-20-12-19(6-7-21(20)24)29(15-17-5-4-16(14-26-17)22(30)13-25)33(31,32)28-10-8-27(9-11-28)18-2-1-3-18/h4-7,12-13,17,21H,1-3,8-11,14H2;4-7,12,14,18H,1-3,8-11,13,15,25H2. The predicted octanol–water partition coefficient (Wildman–Crippen LogP) is 6.72. The first-order chi connectivity index (χ1) is 33.5. The second kappa shape index (κ2) is 22.3. The summed E-state index contributed by atoms with van der Waals surface area (Å²) in [7, 11) is -7.96. The number of piperazine rings is 2. The van der Waals surface area contributed by atoms with Gasteiger partial charge < -0.3 is 10.2 Å². The van der Waals surface area contributed by atoms with Gasteiger partial charge >= 0.3 is 26.8 Å². The maximum Gasteiger partial charge on any atom is 0.314 e. The summed E-state index contributed by atoms with van der Waals surface area (Å²) in [5.41, 5.74) is 7.26. The molecule has 5 aromatic rings. The van der Waals surface area contributed by atoms with Gasteiger partial charge in [-0.05, 0) is 86.3 Å². The molecule has 2 aliphatic carbocycles. The molecule has 3 aromatic heterocycles. The third kappa shape index (κ3) is 11.7. The summed E-state index contributed by atoms with van der Waals surface area (Å²) in [5.74, 6) is -2.49. The summed E-state index contributed by atoms with van der Waals surface area (Å²) in [5, 5.41) is 6.51. The van der Waals surface area contributed by atoms with Crippen molar-refractivity contribution in [1.29, 1.82) is 0 Å². The third-order valence-electron chi connectivity index (χ3n) is 13.0. The van der Waals surface area contributed by atoms with E-state index in [0.717, 1.165) is 29.3 Å². The number of pyridine rings is 2. The Morgan fingerprint density at radius 2 is 1.16 bits per heavy atom. The number of ketones is 1. The smallest absolute Gasteiger partial charge is 0.314 e. The lowest BCUT2D eigenvalue weighted by molar-refractivity contribution is 0.0888. The number of carbonyl (C=O) groups excluding carboxylic acids is 1. The fourth-order valence-electron chi connectivity index (χ4n) is 8.45. The Balaban J connectivity index is 0.000000190. The zero-order valence-corrected chi connectivity index (χ0v) is 40.9. The summed E-state index contributed by atoms with van der Waals surface area (Å²) >= 11 is 11.9. The monoisotopic (exact) mass is 1050 g/mol. The first-order valence-corrected chi connectivity index (χ1v) is 26.3. The van der Waals surface area contributed by atoms with E-state index in [-0.39, 0.29) is 52.7 Å². The number of halogens is 6. The van der Waals surface area contributed by atoms with Crippen molar-refractivity contribution in [2.75, 3.05) is 67.5 Å². The summed E-state index contributed by atoms with van der Waals surface area (Å²) < 4.78 is 118. The Hall–Kier alpha value is -4.85. The molecule has 2 saturated heterocycles. The van der Waals surface area contributed by atoms with Crippen LogP contribution in [0.3, 0.4) is 0 Å². The highest BCUT2D eigenvalue weighted by Gasteiger charge is 2.38. The highest BCUT2D eigenvalue weighted by molar-refractivity contribution is 7.90. The van der Waals surface area contributed by atoms with Crippen LogP contribution in [0, 0.1) is 11.6 Å². The van der Waals surface area contributed by atoms with E-state index in [1.807, 2.05) is 0 Å². The fraction of sp³-hybridized carbons (Fsp3) is 0.444. The number of nitrogens with two attached hydrogens (primary N) is 1. The molecule has 25 heteroatoms. The largest absolute Gasteiger partial charge is 0.415 e. The van der Waals surface area contributed by atoms with E-state index in [4.69, 9.17) is 33.4 Å². The Bertz CT molecular complexity index is 2830. The Kier molecular flexibility index (Phi) is 16.4. The van der Waals surface area contributed by atoms with Crippen LogP contribution in [-0.4, -0.2) is 132 Å². The van der Waals surface area contributed by atoms with Gasteiger partial charge in [0.25, 0.3) is 5.89 Å². The van der Waals surface area contributed by atoms with Gasteiger partial charge in [0.2, 0.25) is 5.89 Å². The molecule has 2 aliphatic heterocycles. The van der Waals surface area contributed by atoms with Crippen molar-refractivity contribution in [3.8, 4) is 11.5 Å². The van der Waals surface area contributed by atoms with Crippen LogP contribution in [0.15, 0.2) is 77.5 Å². The highest BCUT2D eigenvalue weighted by Crippen LogP contribution is 2.33. The molecular formula is C45H51Cl2F4N11O6S2. The average Bonchev–Trinajstić information content (AvgIpc) is 3.83. The molecule has 0 atom stereocenters. The summed E-state index contributed by atoms with van der Waals surface area (Å²) in [6.07, 6.45) is 6.86. The maximum atomic E-state index is 13.9. The summed E-state index contributed by atoms with van der Waals surface area (Å²) in [6, 6.07) is 14.8. The molecule has 17 nitrogen and oxygen atoms in total. The SMILES string of the molecule is NCC(=O)c1ccc(CN(c2ccc(F)c(Cl)c2)S(=O)(=O)N2CCN(C3CCC3)CC2)nc1.O=S(=O)(N1CCN(C2CCC2)CC1)N(Cc1ccc(-c2nnc(C(F)F)o2)cn1)c1ccc(F)c(Cl)c1. The number of Topliss-reactive ketones (excluding diaryl/α,β-unsaturated/α-hetero) is 1. The molecule has 4 fully saturated rings. The molecule has 376 valence electrons. The number of benzene rings is 2. The first-order valence-electron chi connectivity index (χ1n) is 22.7. The normalized spacial score (nSPS) is 17.9. The third-order valence-corrected chi connectivity index (χ3v) is 17.4. The highest BCUT2D eigenvalue weighted by atomic mass is 35.5. The number of carbonyl (C=O) groups is 1. The van der Waals surface area contributed by atoms with Gasteiger partial charge in [0, 0.05) is 82.4 Å². The average molecular weight is 1050 g/mol. The van der Waals surface area contributed by atoms with Crippen LogP contribution in [0.1, 0.15) is 72.6 Å². The Morgan fingerprint density at radius 1 is 0.686 bits per heavy atom. The lowest BCUT2D eigenvalue weighted by atomic mass is 9.91. The van der Waals surface area contributed by atoms with E-state index in [0.29, 0.717) is 87.0 Å². The molecule has 9 rings (SSSR count). The number of rotatable bonds is 16. The van der Waals surface area contributed by atoms with Crippen molar-refractivity contribution < 1.29 is 43.6 Å². The van der Waals surface area contributed by atoms with Crippen LogP contribution in [0.4, 0.5) is 28.9 Å². The summed E-state index contributed by atoms with van der Waals surface area (Å²) in [6.45, 7) is 3.65. The van der Waals surface area contributed by atoms with E-state index in [9.17, 15) is 39.2 Å². The molecule has 70 heavy (non-hydrogen) atoms. The molecule has 5 heterocycles. The van der Waals surface area contributed by atoms with Gasteiger partial charge in [-0.15, -0.1) is 10.2 Å². The molecule has 2 N–H and O–H groups in total. The van der Waals surface area contributed by atoms with Crippen molar-refractivity contribution in [2.45, 2.75) is 70.1 Å². The van der Waals surface area contributed by atoms with Crippen molar-refractivity contribution >= 4 is 60.8 Å². The second-order valence-corrected chi connectivity index (χ2v) is 21.7. The van der Waals surface area contributed by atoms with Crippen LogP contribution in [0.2, 0.25) is 10.0 Å². The predicted molar refractivity (Wildman–Crippen MR) is 255 cm³/mol. The molecule has 2 aromatic carbocycles. The molecule has 0 radical (unpaired) electrons. The van der Waals surface area contributed by atoms with Crippen LogP contribution in [0.25, 0.3) is 11.5 Å². The second-order valence-electron chi connectivity index (χ2n) is 17.2. The number of anilines is 2. The van der Waals surface area contributed by atoms with E-state index < -0.39 is 44.4 Å². The van der Waals surface area contributed by atoms with Crippen molar-refractivity contribution in [3.63, 3.8) is 0 Å². The lowest BCUT2D eigenvalue weighted by Crippen LogP contribution is -2.56. The van der Waals surface area contributed by atoms with Gasteiger partial charge in [0.15, 0.2) is 5.78 Å². The van der Waals surface area contributed by atoms with Crippen LogP contribution < -0.4 is 14.3 Å². The molecule has 0 bridgehead atoms. The van der Waals surface area contributed by atoms with Crippen molar-refractivity contribution in [3.05, 3.63) is 118 Å². The van der Waals surface area contributed by atoms with Gasteiger partial charge in [-0.2, -0.15) is 34.2 Å². The number of alkyl halides is 2. The topological polar surface area (TPSA) is 196 Å². The quantitative estimate of drug-likeness (QED) is 0.0809. The van der Waals surface area contributed by atoms with E-state index >= 15 is 0 Å². The van der Waals surface area contributed by atoms with Gasteiger partial charge in [0.1, 0.15) is 11.6 Å². The van der Waals surface area contributed by atoms with Crippen molar-refractivity contribution in [1.82, 2.24) is 38.6 Å². The number of nitrogens with zero attached hydrogens (tertiary/aromatic N) is 10. The Morgan fingerprint density at radius 3 is 1.51 bits per heavy atom. The zero-order valence-electron chi connectivity index (χ0n) is 37.8. The maximum absolute atomic E-state index is 13.9. The van der Waals surface area contributed by atoms with Gasteiger partial charge in [-0.3, -0.25) is 33.2 Å². The fourth-order valence-corrected chi connectivity index (χ4v) is 12.0. The van der Waals surface area contributed by atoms with Crippen LogP contribution >= 0.6 is 23.2 Å². The molecule has 2 saturated carbocycles. The number of hydrogen-bond donors (Lipinski definition) is 1. The first kappa shape index (κ1) is 51.5. The van der Waals surface area contributed by atoms with Crippen LogP contribution in [-0.2, 0) is 33.5 Å². The molecule has 4 aliphatic rings. The zero-order chi connectivity index (χ0) is 49.7. The van der Waals surface area contributed by atoms with Crippen LogP contribution in [0.5, 0.6) is 0 Å². The minimum atomic E-state index is -4.02. The minimum Gasteiger partial charge on any atom is -0.415 e. The van der Waals surface area contributed by atoms with Crippen molar-refractivity contribution in [2.24, 2.45) is 5.73 Å². The van der Waals surface area contributed by atoms with E-state index in [2.05, 4.69) is 30.0 Å². The number of hydrogen-bond acceptors (Lipinski definition) is 13. The molecule has 0 spiro atoms. The number of aromatic nitrogens is 4. The molecular weight excluding hydrogens is 1000 g/mol. The molecule has 0 amide bonds. The van der Waals surface area contributed by atoms with Gasteiger partial charge in [0.05, 0.1) is 58.0 Å². The van der Waals surface area contributed by atoms with Gasteiger partial charge in [-0.1, -0.05) is 36.0 Å². The summed E-state index contributed by atoms with van der Waals surface area (Å²) in [4.78, 5) is 25.0. The van der Waals surface area contributed by atoms with Gasteiger partial charge in [-0.25, -0.2) is 8.78 Å².